The van der Waals surface area contributed by atoms with Crippen molar-refractivity contribution in [1.82, 2.24) is 4.90 Å². The van der Waals surface area contributed by atoms with Gasteiger partial charge in [0.15, 0.2) is 9.84 Å². The summed E-state index contributed by atoms with van der Waals surface area (Å²) >= 11 is 0. The number of sulfone groups is 1. The molecule has 0 spiro atoms. The molecule has 1 aliphatic heterocycles. The van der Waals surface area contributed by atoms with Gasteiger partial charge in [-0.25, -0.2) is 17.6 Å². The molecule has 11 heteroatoms. The number of aryl methyl sites for hydroxylation is 1. The standard InChI is InChI=1S/C26H25FN4O5S/c1-16-7-10-18(11-8-16)28-26(33)31-15-19(30-34)14-23(31)25(32)29-22-12-9-17(13-21(22)27)20-5-3-4-6-24(20)37(2,35)36/h3-13,23,34H,14-15H2,1-2H3,(H,28,33)(H,29,32)/b30-19+/t23-/m1/s1. The number of hydrogen-bond donors (Lipinski definition) is 3. The van der Waals surface area contributed by atoms with Crippen molar-refractivity contribution >= 4 is 38.9 Å². The van der Waals surface area contributed by atoms with Crippen LogP contribution in [0.25, 0.3) is 11.1 Å². The smallest absolute Gasteiger partial charge is 0.322 e. The summed E-state index contributed by atoms with van der Waals surface area (Å²) in [6.07, 6.45) is 1.05. The third kappa shape index (κ3) is 5.78. The Morgan fingerprint density at radius 3 is 2.41 bits per heavy atom. The van der Waals surface area contributed by atoms with Crippen LogP contribution in [0.4, 0.5) is 20.6 Å². The fourth-order valence-electron chi connectivity index (χ4n) is 4.09. The second-order valence-electron chi connectivity index (χ2n) is 8.76. The third-order valence-electron chi connectivity index (χ3n) is 5.99. The van der Waals surface area contributed by atoms with E-state index >= 15 is 4.39 Å². The highest BCUT2D eigenvalue weighted by atomic mass is 32.2. The number of likely N-dealkylation sites (tertiary alicyclic amines) is 1. The van der Waals surface area contributed by atoms with E-state index in [2.05, 4.69) is 15.8 Å². The SMILES string of the molecule is Cc1ccc(NC(=O)N2C/C(=N/O)C[C@@H]2C(=O)Nc2ccc(-c3ccccc3S(C)(=O)=O)cc2F)cc1. The monoisotopic (exact) mass is 524 g/mol. The van der Waals surface area contributed by atoms with Gasteiger partial charge in [0, 0.05) is 23.9 Å². The molecule has 4 rings (SSSR count). The maximum Gasteiger partial charge on any atom is 0.322 e. The lowest BCUT2D eigenvalue weighted by atomic mass is 10.0. The summed E-state index contributed by atoms with van der Waals surface area (Å²) in [5, 5.41) is 17.6. The van der Waals surface area contributed by atoms with Crippen LogP contribution in [0.2, 0.25) is 0 Å². The molecule has 1 aliphatic rings. The Morgan fingerprint density at radius 2 is 1.76 bits per heavy atom. The zero-order valence-electron chi connectivity index (χ0n) is 20.1. The normalized spacial score (nSPS) is 16.6. The summed E-state index contributed by atoms with van der Waals surface area (Å²) in [5.74, 6) is -1.44. The predicted octanol–water partition coefficient (Wildman–Crippen LogP) is 4.28. The lowest BCUT2D eigenvalue weighted by Crippen LogP contribution is -2.45. The molecule has 192 valence electrons. The zero-order valence-corrected chi connectivity index (χ0v) is 20.9. The minimum atomic E-state index is -3.55. The van der Waals surface area contributed by atoms with Crippen molar-refractivity contribution in [2.75, 3.05) is 23.4 Å². The first-order valence-corrected chi connectivity index (χ1v) is 13.2. The van der Waals surface area contributed by atoms with E-state index in [0.717, 1.165) is 17.9 Å². The van der Waals surface area contributed by atoms with Gasteiger partial charge in [0.25, 0.3) is 0 Å². The average Bonchev–Trinajstić information content (AvgIpc) is 3.31. The number of carbonyl (C=O) groups is 2. The van der Waals surface area contributed by atoms with Crippen molar-refractivity contribution < 1.29 is 27.6 Å². The van der Waals surface area contributed by atoms with Gasteiger partial charge >= 0.3 is 6.03 Å². The number of oxime groups is 1. The van der Waals surface area contributed by atoms with Crippen LogP contribution < -0.4 is 10.6 Å². The lowest BCUT2D eigenvalue weighted by Gasteiger charge is -2.24. The molecule has 1 fully saturated rings. The van der Waals surface area contributed by atoms with Gasteiger partial charge in [-0.3, -0.25) is 4.79 Å². The van der Waals surface area contributed by atoms with Crippen molar-refractivity contribution in [3.63, 3.8) is 0 Å². The summed E-state index contributed by atoms with van der Waals surface area (Å²) < 4.78 is 39.3. The van der Waals surface area contributed by atoms with Crippen LogP contribution in [0.15, 0.2) is 76.8 Å². The quantitative estimate of drug-likeness (QED) is 0.339. The number of benzene rings is 3. The Balaban J connectivity index is 1.54. The van der Waals surface area contributed by atoms with Crippen LogP contribution in [0.1, 0.15) is 12.0 Å². The van der Waals surface area contributed by atoms with Gasteiger partial charge < -0.3 is 20.7 Å². The molecule has 1 saturated heterocycles. The summed E-state index contributed by atoms with van der Waals surface area (Å²) in [6.45, 7) is 1.84. The number of urea groups is 1. The van der Waals surface area contributed by atoms with Crippen molar-refractivity contribution in [1.29, 1.82) is 0 Å². The molecule has 0 radical (unpaired) electrons. The lowest BCUT2D eigenvalue weighted by molar-refractivity contribution is -0.119. The molecule has 1 heterocycles. The van der Waals surface area contributed by atoms with Crippen molar-refractivity contribution in [2.45, 2.75) is 24.3 Å². The van der Waals surface area contributed by atoms with E-state index in [1.807, 2.05) is 19.1 Å². The summed E-state index contributed by atoms with van der Waals surface area (Å²) in [6, 6.07) is 15.7. The van der Waals surface area contributed by atoms with Crippen molar-refractivity contribution in [3.8, 4) is 11.1 Å². The van der Waals surface area contributed by atoms with Gasteiger partial charge in [-0.2, -0.15) is 0 Å². The summed E-state index contributed by atoms with van der Waals surface area (Å²) in [5.41, 5.74) is 2.29. The first-order valence-electron chi connectivity index (χ1n) is 11.3. The first-order chi connectivity index (χ1) is 17.6. The molecule has 0 aromatic heterocycles. The van der Waals surface area contributed by atoms with E-state index in [1.165, 1.54) is 23.1 Å². The Hall–Kier alpha value is -4.25. The van der Waals surface area contributed by atoms with Gasteiger partial charge in [0.1, 0.15) is 11.9 Å². The molecular weight excluding hydrogens is 499 g/mol. The van der Waals surface area contributed by atoms with E-state index < -0.39 is 33.6 Å². The largest absolute Gasteiger partial charge is 0.411 e. The molecular formula is C26H25FN4O5S. The number of hydrogen-bond acceptors (Lipinski definition) is 6. The summed E-state index contributed by atoms with van der Waals surface area (Å²) in [4.78, 5) is 27.2. The van der Waals surface area contributed by atoms with E-state index in [-0.39, 0.29) is 29.3 Å². The molecule has 0 aliphatic carbocycles. The molecule has 3 N–H and O–H groups in total. The molecule has 3 aromatic carbocycles. The van der Waals surface area contributed by atoms with Crippen molar-refractivity contribution in [2.24, 2.45) is 5.16 Å². The molecule has 37 heavy (non-hydrogen) atoms. The summed E-state index contributed by atoms with van der Waals surface area (Å²) in [7, 11) is -3.55. The Kier molecular flexibility index (Phi) is 7.25. The van der Waals surface area contributed by atoms with Crippen LogP contribution in [-0.4, -0.2) is 55.0 Å². The van der Waals surface area contributed by atoms with Gasteiger partial charge in [0.2, 0.25) is 5.91 Å². The van der Waals surface area contributed by atoms with Gasteiger partial charge in [-0.15, -0.1) is 0 Å². The van der Waals surface area contributed by atoms with E-state index in [9.17, 15) is 23.2 Å². The molecule has 0 unspecified atom stereocenters. The van der Waals surface area contributed by atoms with E-state index in [1.54, 1.807) is 30.3 Å². The van der Waals surface area contributed by atoms with Gasteiger partial charge in [0.05, 0.1) is 22.8 Å². The number of rotatable bonds is 5. The average molecular weight is 525 g/mol. The highest BCUT2D eigenvalue weighted by molar-refractivity contribution is 7.90. The molecule has 0 saturated carbocycles. The van der Waals surface area contributed by atoms with Gasteiger partial charge in [-0.05, 0) is 42.8 Å². The van der Waals surface area contributed by atoms with E-state index in [4.69, 9.17) is 0 Å². The number of nitrogens with one attached hydrogen (secondary N) is 2. The van der Waals surface area contributed by atoms with Crippen LogP contribution in [0.3, 0.4) is 0 Å². The number of amides is 3. The second-order valence-corrected chi connectivity index (χ2v) is 10.7. The third-order valence-corrected chi connectivity index (χ3v) is 7.15. The molecule has 0 bridgehead atoms. The Bertz CT molecular complexity index is 1490. The second kappa shape index (κ2) is 10.4. The van der Waals surface area contributed by atoms with E-state index in [0.29, 0.717) is 16.8 Å². The fraction of sp³-hybridized carbons (Fsp3) is 0.192. The Morgan fingerprint density at radius 1 is 1.05 bits per heavy atom. The fourth-order valence-corrected chi connectivity index (χ4v) is 5.00. The molecule has 3 aromatic rings. The maximum atomic E-state index is 15.0. The van der Waals surface area contributed by atoms with Crippen LogP contribution in [-0.2, 0) is 14.6 Å². The molecule has 3 amide bonds. The maximum absolute atomic E-state index is 15.0. The van der Waals surface area contributed by atoms with Crippen LogP contribution in [0.5, 0.6) is 0 Å². The minimum Gasteiger partial charge on any atom is -0.411 e. The van der Waals surface area contributed by atoms with Crippen molar-refractivity contribution in [3.05, 3.63) is 78.1 Å². The van der Waals surface area contributed by atoms with Crippen LogP contribution in [0, 0.1) is 12.7 Å². The number of anilines is 2. The number of carbonyl (C=O) groups excluding carboxylic acids is 2. The Labute approximate surface area is 213 Å². The zero-order chi connectivity index (χ0) is 26.7. The molecule has 1 atom stereocenters. The van der Waals surface area contributed by atoms with Crippen LogP contribution >= 0.6 is 0 Å². The minimum absolute atomic E-state index is 0.0227. The van der Waals surface area contributed by atoms with Gasteiger partial charge in [-0.1, -0.05) is 47.1 Å². The molecule has 9 nitrogen and oxygen atoms in total. The topological polar surface area (TPSA) is 128 Å². The number of nitrogens with zero attached hydrogens (tertiary/aromatic N) is 2. The number of halogens is 1. The highest BCUT2D eigenvalue weighted by Gasteiger charge is 2.38. The predicted molar refractivity (Wildman–Crippen MR) is 138 cm³/mol. The first kappa shape index (κ1) is 25.8. The highest BCUT2D eigenvalue weighted by Crippen LogP contribution is 2.30.